The van der Waals surface area contributed by atoms with Crippen molar-refractivity contribution in [3.63, 3.8) is 0 Å². The molecule has 2 aromatic rings. The molecule has 25 heavy (non-hydrogen) atoms. The third-order valence-electron chi connectivity index (χ3n) is 4.48. The second kappa shape index (κ2) is 7.61. The third-order valence-corrected chi connectivity index (χ3v) is 4.48. The molecule has 1 aromatic heterocycles. The van der Waals surface area contributed by atoms with Crippen LogP contribution < -0.4 is 4.90 Å². The van der Waals surface area contributed by atoms with Gasteiger partial charge in [-0.25, -0.2) is 0 Å². The molecule has 2 heterocycles. The molecule has 0 atom stereocenters. The van der Waals surface area contributed by atoms with Crippen LogP contribution >= 0.6 is 0 Å². The number of likely N-dealkylation sites (N-methyl/N-ethyl adjacent to an activating group) is 1. The summed E-state index contributed by atoms with van der Waals surface area (Å²) >= 11 is 0. The predicted octanol–water partition coefficient (Wildman–Crippen LogP) is 2.69. The van der Waals surface area contributed by atoms with Crippen LogP contribution in [0.4, 0.5) is 5.69 Å². The molecule has 0 saturated carbocycles. The Hall–Kier alpha value is -2.47. The fourth-order valence-corrected chi connectivity index (χ4v) is 2.82. The normalized spacial score (nSPS) is 15.1. The van der Waals surface area contributed by atoms with Gasteiger partial charge in [0.15, 0.2) is 5.82 Å². The summed E-state index contributed by atoms with van der Waals surface area (Å²) < 4.78 is 5.31. The lowest BCUT2D eigenvalue weighted by Crippen LogP contribution is -2.26. The summed E-state index contributed by atoms with van der Waals surface area (Å²) in [5.41, 5.74) is 3.15. The van der Waals surface area contributed by atoms with Gasteiger partial charge in [-0.2, -0.15) is 4.98 Å². The maximum atomic E-state index is 12.4. The molecule has 0 saturated heterocycles. The van der Waals surface area contributed by atoms with Gasteiger partial charge in [0, 0.05) is 38.7 Å². The van der Waals surface area contributed by atoms with E-state index in [1.165, 1.54) is 0 Å². The molecular formula is C19H24N4O2. The van der Waals surface area contributed by atoms with Crippen LogP contribution in [0.1, 0.15) is 30.1 Å². The molecule has 1 aliphatic heterocycles. The van der Waals surface area contributed by atoms with E-state index in [9.17, 15) is 4.79 Å². The number of anilines is 1. The van der Waals surface area contributed by atoms with Crippen molar-refractivity contribution in [1.29, 1.82) is 0 Å². The van der Waals surface area contributed by atoms with Crippen LogP contribution in [0, 0.1) is 6.92 Å². The number of benzene rings is 1. The smallest absolute Gasteiger partial charge is 0.227 e. The van der Waals surface area contributed by atoms with E-state index in [0.29, 0.717) is 24.6 Å². The van der Waals surface area contributed by atoms with Gasteiger partial charge in [-0.15, -0.1) is 0 Å². The second-order valence-electron chi connectivity index (χ2n) is 6.55. The number of nitrogens with zero attached hydrogens (tertiary/aromatic N) is 4. The van der Waals surface area contributed by atoms with Crippen molar-refractivity contribution in [2.45, 2.75) is 26.2 Å². The van der Waals surface area contributed by atoms with Gasteiger partial charge in [0.05, 0.1) is 0 Å². The standard InChI is InChI=1S/C19H24N4O2/c1-14-5-4-6-16(13-14)23(3)18(24)8-7-17-20-19(21-25-17)15-9-11-22(2)12-10-15/h4-6,9,13H,7-8,10-12H2,1-3H3. The Kier molecular flexibility index (Phi) is 5.28. The molecule has 1 aromatic carbocycles. The Balaban J connectivity index is 1.58. The third kappa shape index (κ3) is 4.33. The van der Waals surface area contributed by atoms with Crippen LogP contribution in [0.3, 0.4) is 0 Å². The SMILES string of the molecule is Cc1cccc(N(C)C(=O)CCc2nc(C3=CCN(C)CC3)no2)c1. The van der Waals surface area contributed by atoms with Gasteiger partial charge in [0.2, 0.25) is 11.8 Å². The molecule has 0 spiro atoms. The molecule has 1 amide bonds. The minimum Gasteiger partial charge on any atom is -0.339 e. The molecule has 1 aliphatic rings. The fourth-order valence-electron chi connectivity index (χ4n) is 2.82. The number of hydrogen-bond acceptors (Lipinski definition) is 5. The predicted molar refractivity (Wildman–Crippen MR) is 97.3 cm³/mol. The zero-order valence-electron chi connectivity index (χ0n) is 15.0. The summed E-state index contributed by atoms with van der Waals surface area (Å²) in [6.45, 7) is 3.91. The Morgan fingerprint density at radius 1 is 1.40 bits per heavy atom. The van der Waals surface area contributed by atoms with Crippen LogP contribution in [-0.4, -0.2) is 48.1 Å². The number of carbonyl (C=O) groups is 1. The molecule has 6 nitrogen and oxygen atoms in total. The molecular weight excluding hydrogens is 316 g/mol. The summed E-state index contributed by atoms with van der Waals surface area (Å²) in [5, 5.41) is 4.06. The van der Waals surface area contributed by atoms with Crippen LogP contribution in [0.2, 0.25) is 0 Å². The first-order valence-electron chi connectivity index (χ1n) is 8.56. The molecule has 0 radical (unpaired) electrons. The van der Waals surface area contributed by atoms with Crippen LogP contribution in [-0.2, 0) is 11.2 Å². The first-order chi connectivity index (χ1) is 12.0. The minimum atomic E-state index is 0.0313. The van der Waals surface area contributed by atoms with Gasteiger partial charge < -0.3 is 14.3 Å². The zero-order chi connectivity index (χ0) is 17.8. The Morgan fingerprint density at radius 3 is 2.96 bits per heavy atom. The highest BCUT2D eigenvalue weighted by atomic mass is 16.5. The van der Waals surface area contributed by atoms with E-state index in [0.717, 1.165) is 36.3 Å². The molecule has 6 heteroatoms. The van der Waals surface area contributed by atoms with Crippen LogP contribution in [0.25, 0.3) is 5.57 Å². The summed E-state index contributed by atoms with van der Waals surface area (Å²) in [6, 6.07) is 7.89. The lowest BCUT2D eigenvalue weighted by atomic mass is 10.1. The molecule has 0 unspecified atom stereocenters. The van der Waals surface area contributed by atoms with Gasteiger partial charge in [0.25, 0.3) is 0 Å². The second-order valence-corrected chi connectivity index (χ2v) is 6.55. The highest BCUT2D eigenvalue weighted by molar-refractivity contribution is 5.92. The average Bonchev–Trinajstić information content (AvgIpc) is 3.08. The van der Waals surface area contributed by atoms with Crippen molar-refractivity contribution in [3.05, 3.63) is 47.6 Å². The fraction of sp³-hybridized carbons (Fsp3) is 0.421. The van der Waals surface area contributed by atoms with E-state index in [2.05, 4.69) is 28.2 Å². The highest BCUT2D eigenvalue weighted by Crippen LogP contribution is 2.20. The van der Waals surface area contributed by atoms with Crippen molar-refractivity contribution < 1.29 is 9.32 Å². The summed E-state index contributed by atoms with van der Waals surface area (Å²) in [4.78, 5) is 20.7. The van der Waals surface area contributed by atoms with E-state index in [1.807, 2.05) is 31.2 Å². The number of amides is 1. The van der Waals surface area contributed by atoms with Crippen molar-refractivity contribution in [3.8, 4) is 0 Å². The van der Waals surface area contributed by atoms with Crippen LogP contribution in [0.5, 0.6) is 0 Å². The monoisotopic (exact) mass is 340 g/mol. The molecule has 132 valence electrons. The first-order valence-corrected chi connectivity index (χ1v) is 8.56. The topological polar surface area (TPSA) is 62.5 Å². The van der Waals surface area contributed by atoms with E-state index < -0.39 is 0 Å². The maximum Gasteiger partial charge on any atom is 0.227 e. The highest BCUT2D eigenvalue weighted by Gasteiger charge is 2.17. The Morgan fingerprint density at radius 2 is 2.24 bits per heavy atom. The van der Waals surface area contributed by atoms with Crippen LogP contribution in [0.15, 0.2) is 34.9 Å². The lowest BCUT2D eigenvalue weighted by Gasteiger charge is -2.19. The lowest BCUT2D eigenvalue weighted by molar-refractivity contribution is -0.118. The van der Waals surface area contributed by atoms with Crippen molar-refractivity contribution in [2.24, 2.45) is 0 Å². The molecule has 0 aliphatic carbocycles. The van der Waals surface area contributed by atoms with E-state index >= 15 is 0 Å². The summed E-state index contributed by atoms with van der Waals surface area (Å²) in [5.74, 6) is 1.20. The van der Waals surface area contributed by atoms with Crippen molar-refractivity contribution >= 4 is 17.2 Å². The number of rotatable bonds is 5. The molecule has 0 bridgehead atoms. The number of aryl methyl sites for hydroxylation is 2. The summed E-state index contributed by atoms with van der Waals surface area (Å²) in [6.07, 6.45) is 3.85. The average molecular weight is 340 g/mol. The number of hydrogen-bond donors (Lipinski definition) is 0. The largest absolute Gasteiger partial charge is 0.339 e. The van der Waals surface area contributed by atoms with Gasteiger partial charge in [-0.05, 0) is 43.7 Å². The number of aromatic nitrogens is 2. The van der Waals surface area contributed by atoms with Gasteiger partial charge in [-0.1, -0.05) is 23.4 Å². The van der Waals surface area contributed by atoms with E-state index in [-0.39, 0.29) is 5.91 Å². The molecule has 0 N–H and O–H groups in total. The minimum absolute atomic E-state index is 0.0313. The number of carbonyl (C=O) groups excluding carboxylic acids is 1. The van der Waals surface area contributed by atoms with E-state index in [1.54, 1.807) is 11.9 Å². The first kappa shape index (κ1) is 17.4. The van der Waals surface area contributed by atoms with Gasteiger partial charge in [0.1, 0.15) is 0 Å². The zero-order valence-corrected chi connectivity index (χ0v) is 15.0. The quantitative estimate of drug-likeness (QED) is 0.837. The van der Waals surface area contributed by atoms with Crippen molar-refractivity contribution in [2.75, 3.05) is 32.1 Å². The molecule has 3 rings (SSSR count). The Labute approximate surface area is 148 Å². The van der Waals surface area contributed by atoms with Crippen molar-refractivity contribution in [1.82, 2.24) is 15.0 Å². The van der Waals surface area contributed by atoms with E-state index in [4.69, 9.17) is 4.52 Å². The molecule has 0 fully saturated rings. The Bertz CT molecular complexity index is 781. The van der Waals surface area contributed by atoms with Gasteiger partial charge in [-0.3, -0.25) is 4.79 Å². The maximum absolute atomic E-state index is 12.4. The summed E-state index contributed by atoms with van der Waals surface area (Å²) in [7, 11) is 3.88. The van der Waals surface area contributed by atoms with Gasteiger partial charge >= 0.3 is 0 Å².